The van der Waals surface area contributed by atoms with Crippen LogP contribution in [0.5, 0.6) is 0 Å². The molecule has 1 aliphatic carbocycles. The van der Waals surface area contributed by atoms with Crippen LogP contribution in [0.25, 0.3) is 0 Å². The van der Waals surface area contributed by atoms with Gasteiger partial charge in [-0.25, -0.2) is 0 Å². The molecule has 1 N–H and O–H groups in total. The average Bonchev–Trinajstić information content (AvgIpc) is 3.22. The smallest absolute Gasteiger partial charge is 0.00683 e. The Kier molecular flexibility index (Phi) is 6.25. The standard InChI is InChI=1S/C17H27NS/c1-3-19-11-10-15(13-18-17-8-9-17)12-16-7-5-4-6-14(16)2/h4-7,15,17-18H,3,8-13H2,1-2H3. The molecular formula is C17H27NS. The molecule has 1 aromatic rings. The van der Waals surface area contributed by atoms with E-state index in [-0.39, 0.29) is 0 Å². The Morgan fingerprint density at radius 3 is 2.79 bits per heavy atom. The fraction of sp³-hybridized carbons (Fsp3) is 0.647. The second-order valence-corrected chi connectivity index (χ2v) is 7.06. The van der Waals surface area contributed by atoms with Crippen molar-refractivity contribution < 1.29 is 0 Å². The van der Waals surface area contributed by atoms with Gasteiger partial charge in [-0.15, -0.1) is 0 Å². The lowest BCUT2D eigenvalue weighted by atomic mass is 9.94. The monoisotopic (exact) mass is 277 g/mol. The summed E-state index contributed by atoms with van der Waals surface area (Å²) in [4.78, 5) is 0. The number of rotatable bonds is 9. The SMILES string of the molecule is CCSCCC(CNC1CC1)Cc1ccccc1C. The molecule has 1 fully saturated rings. The summed E-state index contributed by atoms with van der Waals surface area (Å²) < 4.78 is 0. The van der Waals surface area contributed by atoms with Crippen LogP contribution < -0.4 is 5.32 Å². The van der Waals surface area contributed by atoms with Crippen molar-refractivity contribution in [2.45, 2.75) is 45.6 Å². The van der Waals surface area contributed by atoms with Crippen molar-refractivity contribution >= 4 is 11.8 Å². The van der Waals surface area contributed by atoms with Gasteiger partial charge in [-0.1, -0.05) is 31.2 Å². The molecule has 0 aromatic heterocycles. The third kappa shape index (κ3) is 5.58. The van der Waals surface area contributed by atoms with Crippen LogP contribution in [0.2, 0.25) is 0 Å². The van der Waals surface area contributed by atoms with Crippen LogP contribution in [0.4, 0.5) is 0 Å². The molecular weight excluding hydrogens is 250 g/mol. The fourth-order valence-electron chi connectivity index (χ4n) is 2.44. The first-order valence-electron chi connectivity index (χ1n) is 7.65. The number of thioether (sulfide) groups is 1. The molecule has 0 spiro atoms. The Labute approximate surface area is 122 Å². The van der Waals surface area contributed by atoms with Gasteiger partial charge in [0.05, 0.1) is 0 Å². The molecule has 1 aromatic carbocycles. The van der Waals surface area contributed by atoms with Gasteiger partial charge in [-0.3, -0.25) is 0 Å². The summed E-state index contributed by atoms with van der Waals surface area (Å²) >= 11 is 2.07. The average molecular weight is 277 g/mol. The van der Waals surface area contributed by atoms with E-state index in [4.69, 9.17) is 0 Å². The van der Waals surface area contributed by atoms with E-state index in [9.17, 15) is 0 Å². The van der Waals surface area contributed by atoms with E-state index in [1.165, 1.54) is 54.9 Å². The summed E-state index contributed by atoms with van der Waals surface area (Å²) in [7, 11) is 0. The third-order valence-corrected chi connectivity index (χ3v) is 4.85. The number of aryl methyl sites for hydroxylation is 1. The van der Waals surface area contributed by atoms with Crippen molar-refractivity contribution in [1.29, 1.82) is 0 Å². The molecule has 0 radical (unpaired) electrons. The molecule has 2 heteroatoms. The number of hydrogen-bond acceptors (Lipinski definition) is 2. The fourth-order valence-corrected chi connectivity index (χ4v) is 3.23. The van der Waals surface area contributed by atoms with Gasteiger partial charge in [0.25, 0.3) is 0 Å². The van der Waals surface area contributed by atoms with Crippen LogP contribution in [-0.4, -0.2) is 24.1 Å². The molecule has 1 nitrogen and oxygen atoms in total. The summed E-state index contributed by atoms with van der Waals surface area (Å²) in [5.74, 6) is 3.34. The largest absolute Gasteiger partial charge is 0.314 e. The lowest BCUT2D eigenvalue weighted by molar-refractivity contribution is 0.461. The maximum absolute atomic E-state index is 3.71. The van der Waals surface area contributed by atoms with Gasteiger partial charge in [0.15, 0.2) is 0 Å². The van der Waals surface area contributed by atoms with Gasteiger partial charge >= 0.3 is 0 Å². The van der Waals surface area contributed by atoms with E-state index in [1.807, 2.05) is 0 Å². The summed E-state index contributed by atoms with van der Waals surface area (Å²) in [5.41, 5.74) is 2.98. The molecule has 1 aliphatic rings. The van der Waals surface area contributed by atoms with Crippen molar-refractivity contribution in [2.24, 2.45) is 5.92 Å². The highest BCUT2D eigenvalue weighted by molar-refractivity contribution is 7.99. The van der Waals surface area contributed by atoms with Crippen LogP contribution in [0.1, 0.15) is 37.3 Å². The quantitative estimate of drug-likeness (QED) is 0.683. The lowest BCUT2D eigenvalue weighted by Crippen LogP contribution is -2.26. The Morgan fingerprint density at radius 1 is 1.32 bits per heavy atom. The minimum Gasteiger partial charge on any atom is -0.314 e. The number of hydrogen-bond donors (Lipinski definition) is 1. The Balaban J connectivity index is 1.85. The zero-order chi connectivity index (χ0) is 13.5. The zero-order valence-electron chi connectivity index (χ0n) is 12.3. The first-order chi connectivity index (χ1) is 9.29. The predicted octanol–water partition coefficient (Wildman–Crippen LogP) is 4.05. The Morgan fingerprint density at radius 2 is 2.11 bits per heavy atom. The summed E-state index contributed by atoms with van der Waals surface area (Å²) in [6.45, 7) is 5.69. The van der Waals surface area contributed by atoms with Gasteiger partial charge in [0.2, 0.25) is 0 Å². The van der Waals surface area contributed by atoms with E-state index in [0.717, 1.165) is 12.0 Å². The van der Waals surface area contributed by atoms with Gasteiger partial charge in [-0.2, -0.15) is 11.8 Å². The first-order valence-corrected chi connectivity index (χ1v) is 8.80. The van der Waals surface area contributed by atoms with E-state index < -0.39 is 0 Å². The molecule has 0 aliphatic heterocycles. The van der Waals surface area contributed by atoms with E-state index in [1.54, 1.807) is 0 Å². The van der Waals surface area contributed by atoms with E-state index in [2.05, 4.69) is 55.2 Å². The predicted molar refractivity (Wildman–Crippen MR) is 87.0 cm³/mol. The van der Waals surface area contributed by atoms with Gasteiger partial charge in [0.1, 0.15) is 0 Å². The van der Waals surface area contributed by atoms with Crippen LogP contribution in [-0.2, 0) is 6.42 Å². The highest BCUT2D eigenvalue weighted by Gasteiger charge is 2.22. The normalized spacial score (nSPS) is 16.5. The van der Waals surface area contributed by atoms with Gasteiger partial charge < -0.3 is 5.32 Å². The summed E-state index contributed by atoms with van der Waals surface area (Å²) in [6, 6.07) is 9.68. The number of nitrogens with one attached hydrogen (secondary N) is 1. The van der Waals surface area contributed by atoms with Gasteiger partial charge in [0, 0.05) is 6.04 Å². The summed E-state index contributed by atoms with van der Waals surface area (Å²) in [6.07, 6.45) is 5.35. The maximum Gasteiger partial charge on any atom is 0.00683 e. The molecule has 106 valence electrons. The van der Waals surface area contributed by atoms with Crippen LogP contribution >= 0.6 is 11.8 Å². The highest BCUT2D eigenvalue weighted by atomic mass is 32.2. The van der Waals surface area contributed by atoms with Crippen LogP contribution in [0, 0.1) is 12.8 Å². The van der Waals surface area contributed by atoms with Crippen molar-refractivity contribution in [3.63, 3.8) is 0 Å². The number of benzene rings is 1. The molecule has 0 bridgehead atoms. The van der Waals surface area contributed by atoms with Crippen molar-refractivity contribution in [3.8, 4) is 0 Å². The highest BCUT2D eigenvalue weighted by Crippen LogP contribution is 2.22. The molecule has 19 heavy (non-hydrogen) atoms. The second-order valence-electron chi connectivity index (χ2n) is 5.66. The minimum atomic E-state index is 0.792. The van der Waals surface area contributed by atoms with Crippen molar-refractivity contribution in [2.75, 3.05) is 18.1 Å². The van der Waals surface area contributed by atoms with Crippen molar-refractivity contribution in [1.82, 2.24) is 5.32 Å². The Hall–Kier alpha value is -0.470. The van der Waals surface area contributed by atoms with Crippen LogP contribution in [0.3, 0.4) is 0 Å². The molecule has 0 amide bonds. The first kappa shape index (κ1) is 14.9. The molecule has 0 heterocycles. The summed E-state index contributed by atoms with van der Waals surface area (Å²) in [5, 5.41) is 3.71. The molecule has 2 rings (SSSR count). The minimum absolute atomic E-state index is 0.792. The molecule has 0 saturated heterocycles. The molecule has 1 saturated carbocycles. The topological polar surface area (TPSA) is 12.0 Å². The Bertz CT molecular complexity index is 373. The van der Waals surface area contributed by atoms with Crippen LogP contribution in [0.15, 0.2) is 24.3 Å². The maximum atomic E-state index is 3.71. The third-order valence-electron chi connectivity index (χ3n) is 3.92. The van der Waals surface area contributed by atoms with E-state index in [0.29, 0.717) is 0 Å². The molecule has 1 unspecified atom stereocenters. The van der Waals surface area contributed by atoms with Crippen molar-refractivity contribution in [3.05, 3.63) is 35.4 Å². The second kappa shape index (κ2) is 7.96. The lowest BCUT2D eigenvalue weighted by Gasteiger charge is -2.18. The van der Waals surface area contributed by atoms with Gasteiger partial charge in [-0.05, 0) is 67.7 Å². The van der Waals surface area contributed by atoms with E-state index >= 15 is 0 Å². The zero-order valence-corrected chi connectivity index (χ0v) is 13.1. The molecule has 1 atom stereocenters.